The highest BCUT2D eigenvalue weighted by Gasteiger charge is 2.16. The fourth-order valence-electron chi connectivity index (χ4n) is 1.76. The maximum absolute atomic E-state index is 2.34. The fraction of sp³-hybridized carbons (Fsp3) is 0.455. The molecule has 0 fully saturated rings. The molecule has 1 heterocycles. The van der Waals surface area contributed by atoms with E-state index in [1.165, 1.54) is 11.1 Å². The Kier molecular flexibility index (Phi) is 1.89. The van der Waals surface area contributed by atoms with Crippen LogP contribution in [0.25, 0.3) is 0 Å². The van der Waals surface area contributed by atoms with Crippen molar-refractivity contribution in [1.82, 2.24) is 4.90 Å². The summed E-state index contributed by atoms with van der Waals surface area (Å²) in [7, 11) is 2.17. The molecule has 2 aliphatic rings. The van der Waals surface area contributed by atoms with Crippen molar-refractivity contribution in [2.75, 3.05) is 20.1 Å². The SMILES string of the molecule is CC1C=CC2=C(C=C1)CN(C)C2. The average molecular weight is 161 g/mol. The highest BCUT2D eigenvalue weighted by Crippen LogP contribution is 2.22. The van der Waals surface area contributed by atoms with E-state index in [0.29, 0.717) is 5.92 Å². The molecule has 2 rings (SSSR count). The van der Waals surface area contributed by atoms with Gasteiger partial charge in [-0.25, -0.2) is 0 Å². The van der Waals surface area contributed by atoms with E-state index in [9.17, 15) is 0 Å². The van der Waals surface area contributed by atoms with Gasteiger partial charge in [0, 0.05) is 13.1 Å². The van der Waals surface area contributed by atoms with Gasteiger partial charge in [0.1, 0.15) is 0 Å². The molecule has 0 unspecified atom stereocenters. The second-order valence-corrected chi connectivity index (χ2v) is 3.80. The zero-order valence-corrected chi connectivity index (χ0v) is 7.75. The Bertz CT molecular complexity index is 245. The van der Waals surface area contributed by atoms with Crippen LogP contribution in [0.4, 0.5) is 0 Å². The summed E-state index contributed by atoms with van der Waals surface area (Å²) < 4.78 is 0. The van der Waals surface area contributed by atoms with Gasteiger partial charge < -0.3 is 0 Å². The maximum atomic E-state index is 2.34. The molecule has 1 heteroatoms. The number of likely N-dealkylation sites (N-methyl/N-ethyl adjacent to an activating group) is 1. The van der Waals surface area contributed by atoms with Crippen molar-refractivity contribution in [1.29, 1.82) is 0 Å². The minimum absolute atomic E-state index is 0.598. The van der Waals surface area contributed by atoms with Gasteiger partial charge in [0.15, 0.2) is 0 Å². The lowest BCUT2D eigenvalue weighted by molar-refractivity contribution is 0.427. The average Bonchev–Trinajstić information content (AvgIpc) is 2.31. The molecule has 12 heavy (non-hydrogen) atoms. The van der Waals surface area contributed by atoms with Gasteiger partial charge in [-0.1, -0.05) is 31.2 Å². The van der Waals surface area contributed by atoms with Gasteiger partial charge in [-0.05, 0) is 24.1 Å². The van der Waals surface area contributed by atoms with Gasteiger partial charge in [-0.2, -0.15) is 0 Å². The molecule has 0 radical (unpaired) electrons. The van der Waals surface area contributed by atoms with Gasteiger partial charge in [0.25, 0.3) is 0 Å². The van der Waals surface area contributed by atoms with Gasteiger partial charge >= 0.3 is 0 Å². The van der Waals surface area contributed by atoms with Crippen LogP contribution in [0.1, 0.15) is 6.92 Å². The van der Waals surface area contributed by atoms with Crippen molar-refractivity contribution in [3.05, 3.63) is 35.5 Å². The van der Waals surface area contributed by atoms with Crippen LogP contribution in [0, 0.1) is 5.92 Å². The van der Waals surface area contributed by atoms with Crippen LogP contribution in [0.3, 0.4) is 0 Å². The van der Waals surface area contributed by atoms with Crippen molar-refractivity contribution in [3.8, 4) is 0 Å². The first-order valence-electron chi connectivity index (χ1n) is 4.52. The Labute approximate surface area is 74.1 Å². The zero-order chi connectivity index (χ0) is 8.55. The van der Waals surface area contributed by atoms with E-state index in [1.807, 2.05) is 0 Å². The minimum Gasteiger partial charge on any atom is -0.298 e. The lowest BCUT2D eigenvalue weighted by Crippen LogP contribution is -2.14. The summed E-state index contributed by atoms with van der Waals surface area (Å²) in [5.74, 6) is 0.598. The van der Waals surface area contributed by atoms with E-state index >= 15 is 0 Å². The first-order chi connectivity index (χ1) is 5.75. The molecule has 0 aromatic heterocycles. The third-order valence-electron chi connectivity index (χ3n) is 2.49. The normalized spacial score (nSPS) is 24.8. The van der Waals surface area contributed by atoms with Crippen molar-refractivity contribution in [2.24, 2.45) is 5.92 Å². The fourth-order valence-corrected chi connectivity index (χ4v) is 1.76. The van der Waals surface area contributed by atoms with E-state index in [-0.39, 0.29) is 0 Å². The number of hydrogen-bond acceptors (Lipinski definition) is 1. The van der Waals surface area contributed by atoms with Gasteiger partial charge in [-0.15, -0.1) is 0 Å². The summed E-state index contributed by atoms with van der Waals surface area (Å²) in [6.45, 7) is 4.45. The smallest absolute Gasteiger partial charge is 0.0237 e. The quantitative estimate of drug-likeness (QED) is 0.525. The number of nitrogens with zero attached hydrogens (tertiary/aromatic N) is 1. The van der Waals surface area contributed by atoms with E-state index in [4.69, 9.17) is 0 Å². The monoisotopic (exact) mass is 161 g/mol. The van der Waals surface area contributed by atoms with E-state index < -0.39 is 0 Å². The third kappa shape index (κ3) is 1.37. The summed E-state index contributed by atoms with van der Waals surface area (Å²) in [6, 6.07) is 0. The lowest BCUT2D eigenvalue weighted by atomic mass is 10.1. The van der Waals surface area contributed by atoms with E-state index in [0.717, 1.165) is 13.1 Å². The summed E-state index contributed by atoms with van der Waals surface area (Å²) in [6.07, 6.45) is 9.11. The van der Waals surface area contributed by atoms with Crippen LogP contribution in [-0.4, -0.2) is 25.0 Å². The molecule has 64 valence electrons. The number of rotatable bonds is 0. The van der Waals surface area contributed by atoms with Crippen molar-refractivity contribution in [2.45, 2.75) is 6.92 Å². The van der Waals surface area contributed by atoms with E-state index in [2.05, 4.69) is 43.2 Å². The van der Waals surface area contributed by atoms with Crippen LogP contribution in [-0.2, 0) is 0 Å². The first kappa shape index (κ1) is 7.81. The Balaban J connectivity index is 2.26. The van der Waals surface area contributed by atoms with Crippen molar-refractivity contribution < 1.29 is 0 Å². The standard InChI is InChI=1S/C11H15N/c1-9-3-5-10-7-12(2)8-11(10)6-4-9/h3-6,9H,7-8H2,1-2H3. The Morgan fingerprint density at radius 1 is 1.17 bits per heavy atom. The van der Waals surface area contributed by atoms with Crippen LogP contribution in [0.15, 0.2) is 35.5 Å². The molecule has 1 aliphatic carbocycles. The van der Waals surface area contributed by atoms with E-state index in [1.54, 1.807) is 0 Å². The van der Waals surface area contributed by atoms with Crippen molar-refractivity contribution >= 4 is 0 Å². The van der Waals surface area contributed by atoms with Gasteiger partial charge in [-0.3, -0.25) is 4.90 Å². The van der Waals surface area contributed by atoms with Crippen LogP contribution in [0.2, 0.25) is 0 Å². The summed E-state index contributed by atoms with van der Waals surface area (Å²) in [4.78, 5) is 2.34. The second kappa shape index (κ2) is 2.91. The lowest BCUT2D eigenvalue weighted by Gasteiger charge is -2.06. The van der Waals surface area contributed by atoms with Crippen LogP contribution >= 0.6 is 0 Å². The molecule has 0 saturated carbocycles. The molecule has 0 aromatic rings. The molecule has 1 nitrogen and oxygen atoms in total. The van der Waals surface area contributed by atoms with Crippen LogP contribution < -0.4 is 0 Å². The molecule has 0 N–H and O–H groups in total. The predicted octanol–water partition coefficient (Wildman–Crippen LogP) is 1.99. The molecule has 0 amide bonds. The van der Waals surface area contributed by atoms with Crippen molar-refractivity contribution in [3.63, 3.8) is 0 Å². The molecular weight excluding hydrogens is 146 g/mol. The molecular formula is C11H15N. The predicted molar refractivity (Wildman–Crippen MR) is 52.0 cm³/mol. The number of allylic oxidation sites excluding steroid dienone is 2. The molecule has 0 bridgehead atoms. The zero-order valence-electron chi connectivity index (χ0n) is 7.75. The molecule has 0 saturated heterocycles. The van der Waals surface area contributed by atoms with Crippen LogP contribution in [0.5, 0.6) is 0 Å². The summed E-state index contributed by atoms with van der Waals surface area (Å²) in [5, 5.41) is 0. The number of hydrogen-bond donors (Lipinski definition) is 0. The molecule has 0 aromatic carbocycles. The first-order valence-corrected chi connectivity index (χ1v) is 4.52. The largest absolute Gasteiger partial charge is 0.298 e. The summed E-state index contributed by atoms with van der Waals surface area (Å²) >= 11 is 0. The Morgan fingerprint density at radius 3 is 2.17 bits per heavy atom. The molecule has 1 aliphatic heterocycles. The summed E-state index contributed by atoms with van der Waals surface area (Å²) in [5.41, 5.74) is 3.00. The third-order valence-corrected chi connectivity index (χ3v) is 2.49. The minimum atomic E-state index is 0.598. The Hall–Kier alpha value is -0.820. The Morgan fingerprint density at radius 2 is 1.67 bits per heavy atom. The highest BCUT2D eigenvalue weighted by molar-refractivity contribution is 5.41. The highest BCUT2D eigenvalue weighted by atomic mass is 15.1. The topological polar surface area (TPSA) is 3.24 Å². The molecule has 0 atom stereocenters. The maximum Gasteiger partial charge on any atom is 0.0237 e. The van der Waals surface area contributed by atoms with Gasteiger partial charge in [0.05, 0.1) is 0 Å². The second-order valence-electron chi connectivity index (χ2n) is 3.80. The van der Waals surface area contributed by atoms with Gasteiger partial charge in [0.2, 0.25) is 0 Å². The molecule has 0 spiro atoms.